The topological polar surface area (TPSA) is 84.2 Å². The quantitative estimate of drug-likeness (QED) is 0.567. The molecule has 1 aliphatic rings. The summed E-state index contributed by atoms with van der Waals surface area (Å²) >= 11 is 1.31. The van der Waals surface area contributed by atoms with Crippen LogP contribution in [-0.2, 0) is 23.0 Å². The number of hydrogen-bond acceptors (Lipinski definition) is 7. The predicted molar refractivity (Wildman–Crippen MR) is 107 cm³/mol. The highest BCUT2D eigenvalue weighted by molar-refractivity contribution is 7.91. The highest BCUT2D eigenvalue weighted by Crippen LogP contribution is 2.26. The van der Waals surface area contributed by atoms with Gasteiger partial charge in [-0.1, -0.05) is 6.92 Å². The van der Waals surface area contributed by atoms with E-state index in [0.29, 0.717) is 48.4 Å². The number of aromatic nitrogens is 4. The van der Waals surface area contributed by atoms with E-state index in [2.05, 4.69) is 15.5 Å². The van der Waals surface area contributed by atoms with Gasteiger partial charge in [-0.3, -0.25) is 4.90 Å². The molecule has 4 rings (SSSR count). The van der Waals surface area contributed by atoms with E-state index in [9.17, 15) is 17.2 Å². The summed E-state index contributed by atoms with van der Waals surface area (Å²) in [6.45, 7) is 4.09. The van der Waals surface area contributed by atoms with Crippen LogP contribution in [0.1, 0.15) is 17.6 Å². The van der Waals surface area contributed by atoms with Gasteiger partial charge in [-0.05, 0) is 41.1 Å². The molecule has 8 nitrogen and oxygen atoms in total. The highest BCUT2D eigenvalue weighted by Gasteiger charge is 2.30. The number of piperazine rings is 1. The van der Waals surface area contributed by atoms with Crippen molar-refractivity contribution < 1.29 is 17.2 Å². The zero-order valence-corrected chi connectivity index (χ0v) is 17.8. The molecule has 160 valence electrons. The van der Waals surface area contributed by atoms with Gasteiger partial charge >= 0.3 is 0 Å². The molecule has 0 aliphatic carbocycles. The maximum atomic E-state index is 13.6. The molecular formula is C18H20F2N6O2S2. The van der Waals surface area contributed by atoms with Gasteiger partial charge in [0.25, 0.3) is 10.0 Å². The van der Waals surface area contributed by atoms with E-state index in [1.807, 2.05) is 17.9 Å². The van der Waals surface area contributed by atoms with Crippen LogP contribution >= 0.6 is 11.3 Å². The lowest BCUT2D eigenvalue weighted by molar-refractivity contribution is 0.177. The number of benzene rings is 1. The van der Waals surface area contributed by atoms with Crippen molar-refractivity contribution in [3.05, 3.63) is 52.7 Å². The average molecular weight is 455 g/mol. The molecule has 1 aliphatic heterocycles. The first kappa shape index (κ1) is 21.0. The van der Waals surface area contributed by atoms with Gasteiger partial charge in [0.05, 0.1) is 12.2 Å². The van der Waals surface area contributed by atoms with E-state index < -0.39 is 21.7 Å². The lowest BCUT2D eigenvalue weighted by atomic mass is 10.3. The second-order valence-electron chi connectivity index (χ2n) is 6.86. The number of tetrazole rings is 1. The lowest BCUT2D eigenvalue weighted by Gasteiger charge is -2.33. The van der Waals surface area contributed by atoms with Gasteiger partial charge in [-0.25, -0.2) is 17.2 Å². The van der Waals surface area contributed by atoms with E-state index in [-0.39, 0.29) is 0 Å². The molecule has 30 heavy (non-hydrogen) atoms. The summed E-state index contributed by atoms with van der Waals surface area (Å²) in [5.74, 6) is -1.46. The molecule has 1 fully saturated rings. The molecule has 0 saturated carbocycles. The van der Waals surface area contributed by atoms with Gasteiger partial charge < -0.3 is 0 Å². The first-order chi connectivity index (χ1) is 14.4. The van der Waals surface area contributed by atoms with Crippen molar-refractivity contribution in [1.82, 2.24) is 29.4 Å². The van der Waals surface area contributed by atoms with Gasteiger partial charge in [0.2, 0.25) is 0 Å². The molecular weight excluding hydrogens is 434 g/mol. The van der Waals surface area contributed by atoms with Crippen LogP contribution in [0.2, 0.25) is 0 Å². The Labute approximate surface area is 176 Å². The summed E-state index contributed by atoms with van der Waals surface area (Å²) in [6.07, 6.45) is 0.806. The number of hydrogen-bond donors (Lipinski definition) is 0. The van der Waals surface area contributed by atoms with Crippen LogP contribution in [0.5, 0.6) is 0 Å². The maximum Gasteiger partial charge on any atom is 0.252 e. The third-order valence-corrected chi connectivity index (χ3v) is 8.55. The Balaban J connectivity index is 1.42. The van der Waals surface area contributed by atoms with Crippen LogP contribution in [0.15, 0.2) is 34.5 Å². The summed E-state index contributed by atoms with van der Waals surface area (Å²) < 4.78 is 55.7. The Morgan fingerprint density at radius 3 is 2.50 bits per heavy atom. The van der Waals surface area contributed by atoms with E-state index in [4.69, 9.17) is 0 Å². The Bertz CT molecular complexity index is 1140. The van der Waals surface area contributed by atoms with E-state index in [1.165, 1.54) is 26.4 Å². The van der Waals surface area contributed by atoms with Crippen molar-refractivity contribution in [3.8, 4) is 5.69 Å². The van der Waals surface area contributed by atoms with Crippen LogP contribution in [0, 0.1) is 11.6 Å². The van der Waals surface area contributed by atoms with Crippen LogP contribution in [0.3, 0.4) is 0 Å². The number of nitrogens with zero attached hydrogens (tertiary/aromatic N) is 6. The van der Waals surface area contributed by atoms with E-state index in [1.54, 1.807) is 6.07 Å². The third kappa shape index (κ3) is 4.13. The fraction of sp³-hybridized carbons (Fsp3) is 0.389. The largest absolute Gasteiger partial charge is 0.293 e. The van der Waals surface area contributed by atoms with Gasteiger partial charge in [-0.2, -0.15) is 8.99 Å². The molecule has 12 heteroatoms. The molecule has 3 aromatic rings. The monoisotopic (exact) mass is 454 g/mol. The third-order valence-electron chi connectivity index (χ3n) is 4.96. The lowest BCUT2D eigenvalue weighted by Crippen LogP contribution is -2.48. The molecule has 0 atom stereocenters. The Kier molecular flexibility index (Phi) is 5.91. The van der Waals surface area contributed by atoms with Crippen LogP contribution in [0.25, 0.3) is 5.69 Å². The van der Waals surface area contributed by atoms with E-state index in [0.717, 1.165) is 23.4 Å². The number of halogens is 2. The number of sulfonamides is 1. The minimum absolute atomic E-state index is 0.319. The summed E-state index contributed by atoms with van der Waals surface area (Å²) in [5, 5.41) is 11.5. The molecule has 0 unspecified atom stereocenters. The summed E-state index contributed by atoms with van der Waals surface area (Å²) in [5.41, 5.74) is 0.319. The SMILES string of the molecule is CCc1ccc(S(=O)(=O)N2CCN(Cc3nnnn3-c3ccc(F)c(F)c3)CC2)s1. The minimum Gasteiger partial charge on any atom is -0.293 e. The summed E-state index contributed by atoms with van der Waals surface area (Å²) in [7, 11) is -3.49. The smallest absolute Gasteiger partial charge is 0.252 e. The number of thiophene rings is 1. The molecule has 2 aromatic heterocycles. The standard InChI is InChI=1S/C18H20F2N6O2S2/c1-2-14-4-6-18(29-14)30(27,28)25-9-7-24(8-10-25)12-17-21-22-23-26(17)13-3-5-15(19)16(20)11-13/h3-6,11H,2,7-10,12H2,1H3. The number of aryl methyl sites for hydroxylation is 1. The second-order valence-corrected chi connectivity index (χ2v) is 10.2. The zero-order valence-electron chi connectivity index (χ0n) is 16.2. The van der Waals surface area contributed by atoms with Crippen LogP contribution in [-0.4, -0.2) is 64.0 Å². The first-order valence-electron chi connectivity index (χ1n) is 9.42. The van der Waals surface area contributed by atoms with Gasteiger partial charge in [-0.15, -0.1) is 16.4 Å². The first-order valence-corrected chi connectivity index (χ1v) is 11.7. The van der Waals surface area contributed by atoms with Crippen molar-refractivity contribution in [1.29, 1.82) is 0 Å². The normalized spacial score (nSPS) is 16.2. The predicted octanol–water partition coefficient (Wildman–Crippen LogP) is 2.07. The van der Waals surface area contributed by atoms with Crippen molar-refractivity contribution in [2.45, 2.75) is 24.1 Å². The van der Waals surface area contributed by atoms with Gasteiger partial charge in [0, 0.05) is 37.1 Å². The molecule has 0 bridgehead atoms. The zero-order chi connectivity index (χ0) is 21.3. The summed E-state index contributed by atoms with van der Waals surface area (Å²) in [4.78, 5) is 3.07. The van der Waals surface area contributed by atoms with Crippen molar-refractivity contribution in [2.75, 3.05) is 26.2 Å². The molecule has 0 radical (unpaired) electrons. The maximum absolute atomic E-state index is 13.6. The minimum atomic E-state index is -3.49. The number of rotatable bonds is 6. The Morgan fingerprint density at radius 1 is 1.07 bits per heavy atom. The Hall–Kier alpha value is -2.28. The average Bonchev–Trinajstić information content (AvgIpc) is 3.40. The highest BCUT2D eigenvalue weighted by atomic mass is 32.2. The molecule has 0 N–H and O–H groups in total. The van der Waals surface area contributed by atoms with Crippen LogP contribution in [0.4, 0.5) is 8.78 Å². The summed E-state index contributed by atoms with van der Waals surface area (Å²) in [6, 6.07) is 6.97. The van der Waals surface area contributed by atoms with Crippen LogP contribution < -0.4 is 0 Å². The van der Waals surface area contributed by atoms with Crippen molar-refractivity contribution >= 4 is 21.4 Å². The fourth-order valence-corrected chi connectivity index (χ4v) is 6.14. The molecule has 3 heterocycles. The molecule has 1 aromatic carbocycles. The van der Waals surface area contributed by atoms with Gasteiger partial charge in [0.15, 0.2) is 17.5 Å². The Morgan fingerprint density at radius 2 is 1.83 bits per heavy atom. The van der Waals surface area contributed by atoms with E-state index >= 15 is 0 Å². The molecule has 0 amide bonds. The molecule has 0 spiro atoms. The fourth-order valence-electron chi connectivity index (χ4n) is 3.26. The van der Waals surface area contributed by atoms with Gasteiger partial charge in [0.1, 0.15) is 4.21 Å². The molecule has 1 saturated heterocycles. The second kappa shape index (κ2) is 8.46. The van der Waals surface area contributed by atoms with Crippen molar-refractivity contribution in [2.24, 2.45) is 0 Å². The van der Waals surface area contributed by atoms with Crippen molar-refractivity contribution in [3.63, 3.8) is 0 Å².